The minimum atomic E-state index is -0.836. The molecule has 2 rings (SSSR count). The van der Waals surface area contributed by atoms with Crippen molar-refractivity contribution in [1.82, 2.24) is 4.90 Å². The van der Waals surface area contributed by atoms with Gasteiger partial charge in [-0.25, -0.2) is 0 Å². The molecular formula is C26H29NO2. The van der Waals surface area contributed by atoms with Gasteiger partial charge in [-0.3, -0.25) is 9.69 Å². The monoisotopic (exact) mass is 387 g/mol. The Balaban J connectivity index is 2.23. The standard InChI is InChI=1S/C26H29NO2/c1-4-9-22(5-2)24-15-12-21(13-16-24)14-17-25(23-10-7-6-8-11-23)18-19-27(3)20-26(28)29/h4,6-13,15-16,18,22H,5,19-20H2,1-3H3,(H,28,29)/b9-4-,25-18-. The Morgan fingerprint density at radius 2 is 1.83 bits per heavy atom. The summed E-state index contributed by atoms with van der Waals surface area (Å²) >= 11 is 0. The maximum absolute atomic E-state index is 10.9. The van der Waals surface area contributed by atoms with Crippen molar-refractivity contribution in [3.05, 3.63) is 89.5 Å². The molecule has 0 saturated carbocycles. The van der Waals surface area contributed by atoms with Crippen LogP contribution in [0.15, 0.2) is 72.8 Å². The summed E-state index contributed by atoms with van der Waals surface area (Å²) in [4.78, 5) is 12.6. The fourth-order valence-corrected chi connectivity index (χ4v) is 3.07. The van der Waals surface area contributed by atoms with Gasteiger partial charge in [0.2, 0.25) is 0 Å². The zero-order valence-corrected chi connectivity index (χ0v) is 17.4. The number of benzene rings is 2. The van der Waals surface area contributed by atoms with Crippen molar-refractivity contribution in [3.63, 3.8) is 0 Å². The molecular weight excluding hydrogens is 358 g/mol. The predicted molar refractivity (Wildman–Crippen MR) is 121 cm³/mol. The lowest BCUT2D eigenvalue weighted by atomic mass is 9.95. The first-order valence-electron chi connectivity index (χ1n) is 9.94. The maximum atomic E-state index is 10.9. The van der Waals surface area contributed by atoms with Gasteiger partial charge in [-0.1, -0.05) is 79.5 Å². The molecule has 150 valence electrons. The molecule has 0 heterocycles. The van der Waals surface area contributed by atoms with Crippen LogP contribution in [0.25, 0.3) is 5.57 Å². The number of likely N-dealkylation sites (N-methyl/N-ethyl adjacent to an activating group) is 1. The van der Waals surface area contributed by atoms with Crippen molar-refractivity contribution >= 4 is 11.5 Å². The van der Waals surface area contributed by atoms with Gasteiger partial charge in [0.15, 0.2) is 0 Å². The van der Waals surface area contributed by atoms with E-state index in [1.54, 1.807) is 11.9 Å². The topological polar surface area (TPSA) is 40.5 Å². The van der Waals surface area contributed by atoms with Crippen molar-refractivity contribution in [2.24, 2.45) is 0 Å². The Bertz CT molecular complexity index is 899. The molecule has 0 spiro atoms. The second-order valence-corrected chi connectivity index (χ2v) is 6.99. The fourth-order valence-electron chi connectivity index (χ4n) is 3.07. The Labute approximate surface area is 174 Å². The Morgan fingerprint density at radius 1 is 1.14 bits per heavy atom. The molecule has 0 aromatic heterocycles. The smallest absolute Gasteiger partial charge is 0.317 e. The van der Waals surface area contributed by atoms with Crippen LogP contribution in [-0.2, 0) is 4.79 Å². The van der Waals surface area contributed by atoms with Gasteiger partial charge >= 0.3 is 5.97 Å². The van der Waals surface area contributed by atoms with Crippen LogP contribution in [-0.4, -0.2) is 36.1 Å². The fraction of sp³-hybridized carbons (Fsp3) is 0.269. The van der Waals surface area contributed by atoms with E-state index < -0.39 is 5.97 Å². The molecule has 1 unspecified atom stereocenters. The average Bonchev–Trinajstić information content (AvgIpc) is 2.72. The van der Waals surface area contributed by atoms with E-state index in [-0.39, 0.29) is 6.54 Å². The molecule has 1 N–H and O–H groups in total. The van der Waals surface area contributed by atoms with E-state index in [9.17, 15) is 4.79 Å². The lowest BCUT2D eigenvalue weighted by Crippen LogP contribution is -2.25. The van der Waals surface area contributed by atoms with Crippen LogP contribution in [0.4, 0.5) is 0 Å². The third kappa shape index (κ3) is 7.44. The molecule has 0 aliphatic heterocycles. The minimum absolute atomic E-state index is 0.00172. The van der Waals surface area contributed by atoms with Gasteiger partial charge in [0.25, 0.3) is 0 Å². The molecule has 0 radical (unpaired) electrons. The normalized spacial score (nSPS) is 12.6. The number of nitrogens with zero attached hydrogens (tertiary/aromatic N) is 1. The molecule has 1 atom stereocenters. The molecule has 3 nitrogen and oxygen atoms in total. The van der Waals surface area contributed by atoms with Crippen LogP contribution >= 0.6 is 0 Å². The van der Waals surface area contributed by atoms with Gasteiger partial charge in [0, 0.05) is 23.6 Å². The van der Waals surface area contributed by atoms with Crippen molar-refractivity contribution < 1.29 is 9.90 Å². The van der Waals surface area contributed by atoms with E-state index >= 15 is 0 Å². The first kappa shape index (κ1) is 22.2. The summed E-state index contributed by atoms with van der Waals surface area (Å²) in [7, 11) is 1.79. The quantitative estimate of drug-likeness (QED) is 0.499. The van der Waals surface area contributed by atoms with Crippen LogP contribution in [0, 0.1) is 11.8 Å². The zero-order chi connectivity index (χ0) is 21.1. The number of rotatable bonds is 8. The highest BCUT2D eigenvalue weighted by atomic mass is 16.4. The Morgan fingerprint density at radius 3 is 2.41 bits per heavy atom. The van der Waals surface area contributed by atoms with Gasteiger partial charge in [-0.2, -0.15) is 0 Å². The van der Waals surface area contributed by atoms with Crippen LogP contribution < -0.4 is 0 Å². The summed E-state index contributed by atoms with van der Waals surface area (Å²) in [6.07, 6.45) is 7.38. The first-order valence-corrected chi connectivity index (χ1v) is 9.94. The van der Waals surface area contributed by atoms with E-state index in [1.165, 1.54) is 5.56 Å². The average molecular weight is 388 g/mol. The summed E-state index contributed by atoms with van der Waals surface area (Å²) in [5, 5.41) is 8.94. The summed E-state index contributed by atoms with van der Waals surface area (Å²) in [5.74, 6) is 6.12. The SMILES string of the molecule is C/C=C\C(CC)c1ccc(C#C/C(=C/CN(C)CC(=O)O)c2ccccc2)cc1. The van der Waals surface area contributed by atoms with Gasteiger partial charge in [-0.15, -0.1) is 0 Å². The summed E-state index contributed by atoms with van der Waals surface area (Å²) in [5.41, 5.74) is 4.18. The Hall–Kier alpha value is -3.09. The number of hydrogen-bond donors (Lipinski definition) is 1. The van der Waals surface area contributed by atoms with Crippen molar-refractivity contribution in [2.75, 3.05) is 20.1 Å². The molecule has 2 aromatic rings. The van der Waals surface area contributed by atoms with Crippen molar-refractivity contribution in [1.29, 1.82) is 0 Å². The molecule has 0 saturated heterocycles. The molecule has 2 aromatic carbocycles. The Kier molecular flexibility index (Phi) is 8.95. The lowest BCUT2D eigenvalue weighted by molar-refractivity contribution is -0.137. The number of allylic oxidation sites excluding steroid dienone is 3. The van der Waals surface area contributed by atoms with E-state index in [0.717, 1.165) is 23.1 Å². The second-order valence-electron chi connectivity index (χ2n) is 6.99. The number of hydrogen-bond acceptors (Lipinski definition) is 2. The molecule has 0 fully saturated rings. The highest BCUT2D eigenvalue weighted by molar-refractivity contribution is 5.79. The van der Waals surface area contributed by atoms with E-state index in [2.05, 4.69) is 55.2 Å². The highest BCUT2D eigenvalue weighted by Crippen LogP contribution is 2.21. The van der Waals surface area contributed by atoms with Gasteiger partial charge in [0.05, 0.1) is 6.54 Å². The molecule has 0 amide bonds. The number of aliphatic carboxylic acids is 1. The van der Waals surface area contributed by atoms with E-state index in [1.807, 2.05) is 43.3 Å². The van der Waals surface area contributed by atoms with E-state index in [0.29, 0.717) is 12.5 Å². The minimum Gasteiger partial charge on any atom is -0.480 e. The zero-order valence-electron chi connectivity index (χ0n) is 17.4. The van der Waals surface area contributed by atoms with Gasteiger partial charge in [0.1, 0.15) is 0 Å². The van der Waals surface area contributed by atoms with Crippen LogP contribution in [0.5, 0.6) is 0 Å². The highest BCUT2D eigenvalue weighted by Gasteiger charge is 2.05. The summed E-state index contributed by atoms with van der Waals surface area (Å²) in [6.45, 7) is 4.76. The van der Waals surface area contributed by atoms with Gasteiger partial charge < -0.3 is 5.11 Å². The largest absolute Gasteiger partial charge is 0.480 e. The number of carboxylic acid groups (broad SMARTS) is 1. The van der Waals surface area contributed by atoms with E-state index in [4.69, 9.17) is 5.11 Å². The first-order chi connectivity index (χ1) is 14.0. The van der Waals surface area contributed by atoms with Crippen LogP contribution in [0.3, 0.4) is 0 Å². The van der Waals surface area contributed by atoms with Gasteiger partial charge in [-0.05, 0) is 43.7 Å². The second kappa shape index (κ2) is 11.7. The van der Waals surface area contributed by atoms with Crippen molar-refractivity contribution in [3.8, 4) is 11.8 Å². The molecule has 0 aliphatic carbocycles. The van der Waals surface area contributed by atoms with Crippen LogP contribution in [0.1, 0.15) is 42.9 Å². The summed E-state index contributed by atoms with van der Waals surface area (Å²) in [6, 6.07) is 18.4. The maximum Gasteiger partial charge on any atom is 0.317 e. The predicted octanol–water partition coefficient (Wildman–Crippen LogP) is 5.21. The molecule has 29 heavy (non-hydrogen) atoms. The summed E-state index contributed by atoms with van der Waals surface area (Å²) < 4.78 is 0. The molecule has 0 bridgehead atoms. The van der Waals surface area contributed by atoms with Crippen molar-refractivity contribution in [2.45, 2.75) is 26.2 Å². The lowest BCUT2D eigenvalue weighted by Gasteiger charge is -2.11. The number of carbonyl (C=O) groups is 1. The molecule has 0 aliphatic rings. The molecule has 3 heteroatoms. The number of carboxylic acids is 1. The third-order valence-electron chi connectivity index (χ3n) is 4.64. The third-order valence-corrected chi connectivity index (χ3v) is 4.64. The van der Waals surface area contributed by atoms with Crippen LogP contribution in [0.2, 0.25) is 0 Å².